The summed E-state index contributed by atoms with van der Waals surface area (Å²) >= 11 is 6.87. The number of piperidine rings is 1. The van der Waals surface area contributed by atoms with Gasteiger partial charge in [-0.05, 0) is 57.2 Å². The Kier molecular flexibility index (Phi) is 7.67. The molecule has 1 unspecified atom stereocenters. The molecule has 0 aromatic carbocycles. The Labute approximate surface area is 226 Å². The van der Waals surface area contributed by atoms with Crippen LogP contribution in [0.25, 0.3) is 11.7 Å². The molecule has 2 aromatic heterocycles. The minimum Gasteiger partial charge on any atom is -0.466 e. The van der Waals surface area contributed by atoms with Gasteiger partial charge in [0.05, 0.1) is 23.0 Å². The number of fused-ring (bicyclic) bond motifs is 1. The maximum absolute atomic E-state index is 13.8. The molecule has 196 valence electrons. The van der Waals surface area contributed by atoms with Crippen LogP contribution in [-0.2, 0) is 14.3 Å². The van der Waals surface area contributed by atoms with Crippen molar-refractivity contribution in [1.29, 1.82) is 0 Å². The van der Waals surface area contributed by atoms with E-state index in [1.807, 2.05) is 24.0 Å². The summed E-state index contributed by atoms with van der Waals surface area (Å²) in [5.74, 6) is -0.153. The van der Waals surface area contributed by atoms with Crippen LogP contribution in [0.5, 0.6) is 0 Å². The number of rotatable bonds is 5. The number of amides is 1. The number of ether oxygens (including phenoxy) is 1. The third kappa shape index (κ3) is 5.05. The van der Waals surface area contributed by atoms with Gasteiger partial charge in [0.1, 0.15) is 15.8 Å². The summed E-state index contributed by atoms with van der Waals surface area (Å²) in [6.07, 6.45) is 10.2. The van der Waals surface area contributed by atoms with Gasteiger partial charge in [-0.1, -0.05) is 49.3 Å². The highest BCUT2D eigenvalue weighted by molar-refractivity contribution is 8.26. The lowest BCUT2D eigenvalue weighted by Crippen LogP contribution is -2.41. The smallest absolute Gasteiger partial charge is 0.310 e. The number of thioether (sulfide) groups is 1. The molecule has 4 heterocycles. The van der Waals surface area contributed by atoms with Crippen molar-refractivity contribution in [1.82, 2.24) is 14.3 Å². The lowest BCUT2D eigenvalue weighted by molar-refractivity contribution is -0.148. The van der Waals surface area contributed by atoms with E-state index in [4.69, 9.17) is 21.9 Å². The molecule has 0 spiro atoms. The fourth-order valence-corrected chi connectivity index (χ4v) is 6.94. The first-order valence-corrected chi connectivity index (χ1v) is 14.3. The second-order valence-corrected chi connectivity index (χ2v) is 11.6. The van der Waals surface area contributed by atoms with Gasteiger partial charge in [0.2, 0.25) is 0 Å². The van der Waals surface area contributed by atoms with Crippen molar-refractivity contribution in [3.8, 4) is 0 Å². The number of hydrogen-bond donors (Lipinski definition) is 0. The van der Waals surface area contributed by atoms with Crippen LogP contribution in [-0.4, -0.2) is 56.2 Å². The van der Waals surface area contributed by atoms with Crippen LogP contribution >= 0.6 is 24.0 Å². The average Bonchev–Trinajstić information content (AvgIpc) is 3.19. The third-order valence-electron chi connectivity index (χ3n) is 7.44. The highest BCUT2D eigenvalue weighted by Gasteiger charge is 2.38. The van der Waals surface area contributed by atoms with E-state index in [2.05, 4.69) is 0 Å². The molecule has 2 saturated heterocycles. The molecule has 0 N–H and O–H groups in total. The van der Waals surface area contributed by atoms with Crippen LogP contribution < -0.4 is 10.5 Å². The summed E-state index contributed by atoms with van der Waals surface area (Å²) < 4.78 is 7.36. The van der Waals surface area contributed by atoms with Gasteiger partial charge in [0, 0.05) is 25.3 Å². The van der Waals surface area contributed by atoms with E-state index in [1.165, 1.54) is 22.6 Å². The number of aryl methyl sites for hydroxylation is 1. The molecule has 1 aliphatic carbocycles. The summed E-state index contributed by atoms with van der Waals surface area (Å²) in [5, 5.41) is 0. The van der Waals surface area contributed by atoms with Crippen LogP contribution in [0, 0.1) is 12.8 Å². The number of hydrogen-bond acceptors (Lipinski definition) is 8. The summed E-state index contributed by atoms with van der Waals surface area (Å²) in [6.45, 7) is 5.12. The monoisotopic (exact) mass is 540 g/mol. The average molecular weight is 541 g/mol. The van der Waals surface area contributed by atoms with Crippen molar-refractivity contribution in [2.45, 2.75) is 64.8 Å². The Bertz CT molecular complexity index is 1330. The van der Waals surface area contributed by atoms with E-state index in [0.29, 0.717) is 46.0 Å². The maximum Gasteiger partial charge on any atom is 0.310 e. The Balaban J connectivity index is 1.57. The van der Waals surface area contributed by atoms with Crippen LogP contribution in [0.15, 0.2) is 28.0 Å². The quantitative estimate of drug-likeness (QED) is 0.315. The van der Waals surface area contributed by atoms with Crippen molar-refractivity contribution in [2.75, 3.05) is 24.6 Å². The van der Waals surface area contributed by atoms with E-state index < -0.39 is 0 Å². The molecule has 3 fully saturated rings. The molecule has 2 aliphatic heterocycles. The van der Waals surface area contributed by atoms with E-state index in [0.717, 1.165) is 44.1 Å². The normalized spacial score (nSPS) is 22.3. The Morgan fingerprint density at radius 2 is 2.00 bits per heavy atom. The highest BCUT2D eigenvalue weighted by Crippen LogP contribution is 2.38. The van der Waals surface area contributed by atoms with Gasteiger partial charge < -0.3 is 9.64 Å². The van der Waals surface area contributed by atoms with Gasteiger partial charge in [-0.15, -0.1) is 0 Å². The Hall–Kier alpha value is -2.72. The molecule has 3 aliphatic rings. The number of nitrogens with zero attached hydrogens (tertiary/aromatic N) is 4. The first kappa shape index (κ1) is 25.9. The number of esters is 1. The summed E-state index contributed by atoms with van der Waals surface area (Å²) in [4.78, 5) is 48.9. The van der Waals surface area contributed by atoms with Crippen LogP contribution in [0.2, 0.25) is 0 Å². The van der Waals surface area contributed by atoms with Gasteiger partial charge in [0.25, 0.3) is 11.5 Å². The first-order chi connectivity index (χ1) is 17.9. The fraction of sp³-hybridized carbons (Fsp3) is 0.519. The van der Waals surface area contributed by atoms with Crippen LogP contribution in [0.3, 0.4) is 0 Å². The first-order valence-electron chi connectivity index (χ1n) is 13.1. The van der Waals surface area contributed by atoms with Crippen molar-refractivity contribution < 1.29 is 14.3 Å². The van der Waals surface area contributed by atoms with E-state index in [1.54, 1.807) is 24.1 Å². The zero-order chi connectivity index (χ0) is 26.1. The molecular weight excluding hydrogens is 508 g/mol. The molecule has 5 rings (SSSR count). The van der Waals surface area contributed by atoms with Crippen molar-refractivity contribution in [3.05, 3.63) is 44.7 Å². The zero-order valence-electron chi connectivity index (χ0n) is 21.3. The molecule has 0 radical (unpaired) electrons. The van der Waals surface area contributed by atoms with Crippen molar-refractivity contribution >= 4 is 57.7 Å². The van der Waals surface area contributed by atoms with Crippen molar-refractivity contribution in [2.24, 2.45) is 5.92 Å². The molecule has 0 bridgehead atoms. The van der Waals surface area contributed by atoms with E-state index in [-0.39, 0.29) is 29.4 Å². The second kappa shape index (κ2) is 10.9. The van der Waals surface area contributed by atoms with Crippen LogP contribution in [0.1, 0.15) is 63.0 Å². The minimum absolute atomic E-state index is 0.123. The van der Waals surface area contributed by atoms with E-state index in [9.17, 15) is 14.4 Å². The summed E-state index contributed by atoms with van der Waals surface area (Å²) in [5.41, 5.74) is 1.53. The standard InChI is InChI=1S/C27H32N4O4S2/c1-3-35-26(34)18-10-8-13-29(16-18)23-20(24(32)30-14-7-9-17(2)22(30)28-23)15-21-25(33)31(27(36)37-21)19-11-5-4-6-12-19/h7,9,14-15,18-19H,3-6,8,10-13,16H2,1-2H3/b21-15+. The Morgan fingerprint density at radius 1 is 1.22 bits per heavy atom. The van der Waals surface area contributed by atoms with Gasteiger partial charge in [-0.3, -0.25) is 23.7 Å². The second-order valence-electron chi connectivity index (χ2n) is 9.92. The molecular formula is C27H32N4O4S2. The minimum atomic E-state index is -0.289. The van der Waals surface area contributed by atoms with Gasteiger partial charge in [-0.25, -0.2) is 4.98 Å². The fourth-order valence-electron chi connectivity index (χ4n) is 5.55. The topological polar surface area (TPSA) is 84.2 Å². The lowest BCUT2D eigenvalue weighted by Gasteiger charge is -2.33. The van der Waals surface area contributed by atoms with Gasteiger partial charge in [-0.2, -0.15) is 0 Å². The predicted octanol–water partition coefficient (Wildman–Crippen LogP) is 4.32. The molecule has 10 heteroatoms. The molecule has 1 saturated carbocycles. The van der Waals surface area contributed by atoms with Gasteiger partial charge >= 0.3 is 5.97 Å². The number of aromatic nitrogens is 2. The van der Waals surface area contributed by atoms with Gasteiger partial charge in [0.15, 0.2) is 0 Å². The highest BCUT2D eigenvalue weighted by atomic mass is 32.2. The summed E-state index contributed by atoms with van der Waals surface area (Å²) in [7, 11) is 0. The Morgan fingerprint density at radius 3 is 2.76 bits per heavy atom. The molecule has 1 amide bonds. The zero-order valence-corrected chi connectivity index (χ0v) is 22.9. The number of thiocarbonyl (C=S) groups is 1. The largest absolute Gasteiger partial charge is 0.466 e. The molecule has 2 aromatic rings. The number of anilines is 1. The van der Waals surface area contributed by atoms with Crippen molar-refractivity contribution in [3.63, 3.8) is 0 Å². The molecule has 1 atom stereocenters. The molecule has 8 nitrogen and oxygen atoms in total. The molecule has 37 heavy (non-hydrogen) atoms. The number of carbonyl (C=O) groups excluding carboxylic acids is 2. The van der Waals surface area contributed by atoms with Crippen LogP contribution in [0.4, 0.5) is 5.82 Å². The predicted molar refractivity (Wildman–Crippen MR) is 150 cm³/mol. The maximum atomic E-state index is 13.8. The van der Waals surface area contributed by atoms with E-state index >= 15 is 0 Å². The lowest BCUT2D eigenvalue weighted by atomic mass is 9.94. The number of carbonyl (C=O) groups is 2. The SMILES string of the molecule is CCOC(=O)C1CCCN(c2nc3c(C)cccn3c(=O)c2/C=C2/SC(=S)N(C3CCCCC3)C2=O)C1. The summed E-state index contributed by atoms with van der Waals surface area (Å²) in [6, 6.07) is 3.85. The number of pyridine rings is 1. The third-order valence-corrected chi connectivity index (χ3v) is 8.77.